The first-order chi connectivity index (χ1) is 12.5. The molecule has 1 atom stereocenters. The van der Waals surface area contributed by atoms with E-state index in [9.17, 15) is 19.7 Å². The molecule has 1 amide bonds. The third kappa shape index (κ3) is 3.81. The molecular weight excluding hydrogens is 343 g/mol. The molecule has 136 valence electrons. The zero-order valence-electron chi connectivity index (χ0n) is 13.7. The molecule has 5 N–H and O–H groups in total. The number of fused-ring (bicyclic) bond motifs is 1. The number of hydrogen-bond donors (Lipinski definition) is 4. The Morgan fingerprint density at radius 2 is 2.27 bits per heavy atom. The molecule has 0 saturated heterocycles. The van der Waals surface area contributed by atoms with Gasteiger partial charge in [-0.15, -0.1) is 10.2 Å². The summed E-state index contributed by atoms with van der Waals surface area (Å²) in [4.78, 5) is 24.5. The van der Waals surface area contributed by atoms with Crippen LogP contribution in [0.2, 0.25) is 0 Å². The van der Waals surface area contributed by atoms with Gasteiger partial charge >= 0.3 is 13.1 Å². The fourth-order valence-electron chi connectivity index (χ4n) is 2.67. The van der Waals surface area contributed by atoms with Gasteiger partial charge in [-0.05, 0) is 29.8 Å². The second-order valence-electron chi connectivity index (χ2n) is 5.76. The molecule has 0 radical (unpaired) electrons. The van der Waals surface area contributed by atoms with E-state index in [-0.39, 0.29) is 24.3 Å². The predicted octanol–water partition coefficient (Wildman–Crippen LogP) is -1.99. The summed E-state index contributed by atoms with van der Waals surface area (Å²) in [6.45, 7) is 0.198. The molecule has 0 aliphatic carbocycles. The number of nitrogens with two attached hydrogens (primary N) is 1. The van der Waals surface area contributed by atoms with E-state index in [1.807, 2.05) is 0 Å². The van der Waals surface area contributed by atoms with Gasteiger partial charge in [-0.2, -0.15) is 4.80 Å². The van der Waals surface area contributed by atoms with Crippen molar-refractivity contribution in [1.82, 2.24) is 25.5 Å². The van der Waals surface area contributed by atoms with E-state index in [1.54, 1.807) is 12.1 Å². The Balaban J connectivity index is 1.66. The Morgan fingerprint density at radius 1 is 1.46 bits per heavy atom. The van der Waals surface area contributed by atoms with Crippen LogP contribution in [0.15, 0.2) is 18.2 Å². The molecule has 0 fully saturated rings. The van der Waals surface area contributed by atoms with Crippen molar-refractivity contribution < 1.29 is 24.4 Å². The fourth-order valence-corrected chi connectivity index (χ4v) is 2.67. The molecule has 1 aromatic carbocycles. The maximum Gasteiger partial charge on any atom is 0.547 e. The van der Waals surface area contributed by atoms with E-state index in [0.717, 1.165) is 4.80 Å². The minimum Gasteiger partial charge on any atom is -0.534 e. The molecule has 0 saturated carbocycles. The third-order valence-corrected chi connectivity index (χ3v) is 3.84. The van der Waals surface area contributed by atoms with Crippen LogP contribution >= 0.6 is 0 Å². The quantitative estimate of drug-likeness (QED) is 0.427. The normalized spacial score (nSPS) is 15.9. The summed E-state index contributed by atoms with van der Waals surface area (Å²) in [5, 5.41) is 33.5. The number of nitrogens with one attached hydrogen (secondary N) is 1. The smallest absolute Gasteiger partial charge is 0.534 e. The molecule has 1 aliphatic heterocycles. The van der Waals surface area contributed by atoms with Gasteiger partial charge in [0.15, 0.2) is 5.82 Å². The largest absolute Gasteiger partial charge is 0.547 e. The molecule has 1 aliphatic rings. The van der Waals surface area contributed by atoms with Gasteiger partial charge in [-0.25, -0.2) is 4.79 Å². The van der Waals surface area contributed by atoms with Gasteiger partial charge in [0.05, 0.1) is 11.5 Å². The number of carbonyl (C=O) groups is 2. The molecule has 0 spiro atoms. The van der Waals surface area contributed by atoms with E-state index >= 15 is 0 Å². The molecule has 12 heteroatoms. The van der Waals surface area contributed by atoms with Crippen molar-refractivity contribution in [1.29, 1.82) is 0 Å². The summed E-state index contributed by atoms with van der Waals surface area (Å²) in [6.07, 6.45) is 0.687. The summed E-state index contributed by atoms with van der Waals surface area (Å²) in [7, 11) is -1.37. The molecule has 0 bridgehead atoms. The van der Waals surface area contributed by atoms with Crippen molar-refractivity contribution in [3.8, 4) is 5.75 Å². The van der Waals surface area contributed by atoms with Gasteiger partial charge in [0.25, 0.3) is 0 Å². The van der Waals surface area contributed by atoms with E-state index in [0.29, 0.717) is 24.4 Å². The van der Waals surface area contributed by atoms with Crippen molar-refractivity contribution in [3.05, 3.63) is 35.2 Å². The highest BCUT2D eigenvalue weighted by atomic mass is 16.5. The fraction of sp³-hybridized carbons (Fsp3) is 0.357. The molecule has 3 rings (SSSR count). The van der Waals surface area contributed by atoms with Crippen molar-refractivity contribution in [3.63, 3.8) is 0 Å². The van der Waals surface area contributed by atoms with E-state index < -0.39 is 24.9 Å². The maximum absolute atomic E-state index is 12.2. The van der Waals surface area contributed by atoms with Crippen LogP contribution in [0.4, 0.5) is 0 Å². The zero-order chi connectivity index (χ0) is 18.7. The lowest BCUT2D eigenvalue weighted by atomic mass is 9.72. The van der Waals surface area contributed by atoms with Gasteiger partial charge in [-0.3, -0.25) is 4.79 Å². The van der Waals surface area contributed by atoms with Crippen LogP contribution in [0.25, 0.3) is 0 Å². The summed E-state index contributed by atoms with van der Waals surface area (Å²) in [5.74, 6) is -1.76. The first-order valence-corrected chi connectivity index (χ1v) is 7.94. The van der Waals surface area contributed by atoms with Crippen molar-refractivity contribution >= 4 is 19.0 Å². The average Bonchev–Trinajstić information content (AvgIpc) is 3.02. The monoisotopic (exact) mass is 360 g/mol. The van der Waals surface area contributed by atoms with Crippen LogP contribution in [0.5, 0.6) is 5.75 Å². The number of hydrogen-bond acceptors (Lipinski definition) is 8. The standard InChI is InChI=1S/C14H17BN6O5/c16-5-4-11-18-20-21(19-11)7-12(22)17-10-6-8-2-1-3-9(14(23)24)13(8)26-15(10)25/h1-3,10,25H,4-7,16H2,(H,17,22)(H,23,24). The van der Waals surface area contributed by atoms with Gasteiger partial charge in [0, 0.05) is 6.42 Å². The Labute approximate surface area is 148 Å². The van der Waals surface area contributed by atoms with Crippen LogP contribution in [-0.2, 0) is 24.2 Å². The third-order valence-electron chi connectivity index (χ3n) is 3.84. The number of benzene rings is 1. The number of amides is 1. The van der Waals surface area contributed by atoms with E-state index in [4.69, 9.17) is 10.4 Å². The van der Waals surface area contributed by atoms with E-state index in [1.165, 1.54) is 6.07 Å². The molecule has 26 heavy (non-hydrogen) atoms. The predicted molar refractivity (Wildman–Crippen MR) is 88.2 cm³/mol. The molecule has 2 heterocycles. The highest BCUT2D eigenvalue weighted by Gasteiger charge is 2.37. The number of carboxylic acids is 1. The number of aromatic carboxylic acids is 1. The topological polar surface area (TPSA) is 165 Å². The van der Waals surface area contributed by atoms with Gasteiger partial charge in [0.1, 0.15) is 12.3 Å². The van der Waals surface area contributed by atoms with Gasteiger partial charge < -0.3 is 25.8 Å². The lowest BCUT2D eigenvalue weighted by Gasteiger charge is -2.28. The summed E-state index contributed by atoms with van der Waals surface area (Å²) < 4.78 is 5.32. The average molecular weight is 360 g/mol. The van der Waals surface area contributed by atoms with Crippen LogP contribution in [0, 0.1) is 0 Å². The summed E-state index contributed by atoms with van der Waals surface area (Å²) >= 11 is 0. The molecule has 1 unspecified atom stereocenters. The van der Waals surface area contributed by atoms with Crippen LogP contribution in [-0.4, -0.2) is 61.8 Å². The second-order valence-corrected chi connectivity index (χ2v) is 5.76. The van der Waals surface area contributed by atoms with Crippen molar-refractivity contribution in [2.45, 2.75) is 25.3 Å². The van der Waals surface area contributed by atoms with E-state index in [2.05, 4.69) is 20.7 Å². The molecule has 1 aromatic heterocycles. The number of carboxylic acid groups (broad SMARTS) is 1. The molecular formula is C14H17BN6O5. The summed E-state index contributed by atoms with van der Waals surface area (Å²) in [6, 6.07) is 4.66. The summed E-state index contributed by atoms with van der Waals surface area (Å²) in [5.41, 5.74) is 5.95. The Bertz CT molecular complexity index is 828. The first-order valence-electron chi connectivity index (χ1n) is 7.94. The molecule has 11 nitrogen and oxygen atoms in total. The Hall–Kier alpha value is -2.99. The minimum absolute atomic E-state index is 0.0365. The van der Waals surface area contributed by atoms with Gasteiger partial charge in [0.2, 0.25) is 5.91 Å². The number of para-hydroxylation sites is 1. The van der Waals surface area contributed by atoms with Gasteiger partial charge in [-0.1, -0.05) is 12.1 Å². The Morgan fingerprint density at radius 3 is 3.00 bits per heavy atom. The Kier molecular flexibility index (Phi) is 5.14. The van der Waals surface area contributed by atoms with Crippen LogP contribution < -0.4 is 15.7 Å². The zero-order valence-corrected chi connectivity index (χ0v) is 13.7. The number of nitrogens with zero attached hydrogens (tertiary/aromatic N) is 4. The van der Waals surface area contributed by atoms with Crippen LogP contribution in [0.3, 0.4) is 0 Å². The van der Waals surface area contributed by atoms with Crippen molar-refractivity contribution in [2.75, 3.05) is 6.54 Å². The van der Waals surface area contributed by atoms with Crippen LogP contribution in [0.1, 0.15) is 21.7 Å². The first kappa shape index (κ1) is 17.8. The number of aromatic nitrogens is 4. The lowest BCUT2D eigenvalue weighted by molar-refractivity contribution is -0.122. The lowest BCUT2D eigenvalue weighted by Crippen LogP contribution is -2.53. The highest BCUT2D eigenvalue weighted by Crippen LogP contribution is 2.30. The second kappa shape index (κ2) is 7.50. The number of tetrazole rings is 1. The number of carbonyl (C=O) groups excluding carboxylic acids is 1. The minimum atomic E-state index is -1.37. The number of rotatable bonds is 6. The SMILES string of the molecule is NCCc1nnn(CC(=O)NC2Cc3cccc(C(=O)O)c3OB2O)n1. The molecule has 2 aromatic rings. The maximum atomic E-state index is 12.2. The highest BCUT2D eigenvalue weighted by molar-refractivity contribution is 6.47. The van der Waals surface area contributed by atoms with Crippen molar-refractivity contribution in [2.24, 2.45) is 5.73 Å².